The molecule has 1 fully saturated rings. The minimum Gasteiger partial charge on any atom is -0.478 e. The van der Waals surface area contributed by atoms with Gasteiger partial charge in [0.1, 0.15) is 0 Å². The number of benzene rings is 2. The topological polar surface area (TPSA) is 86.7 Å². The Hall–Kier alpha value is -2.80. The summed E-state index contributed by atoms with van der Waals surface area (Å²) in [5.74, 6) is -1.18. The van der Waals surface area contributed by atoms with E-state index < -0.39 is 10.8 Å². The summed E-state index contributed by atoms with van der Waals surface area (Å²) >= 11 is 1.43. The van der Waals surface area contributed by atoms with Gasteiger partial charge in [0.2, 0.25) is 5.91 Å². The Morgan fingerprint density at radius 3 is 2.81 bits per heavy atom. The fourth-order valence-corrected chi connectivity index (χ4v) is 5.05. The summed E-state index contributed by atoms with van der Waals surface area (Å²) in [6.07, 6.45) is 1.36. The largest absolute Gasteiger partial charge is 0.478 e. The Morgan fingerprint density at radius 1 is 1.19 bits per heavy atom. The second kappa shape index (κ2) is 6.74. The smallest absolute Gasteiger partial charge is 0.335 e. The predicted molar refractivity (Wildman–Crippen MR) is 102 cm³/mol. The number of nitrogens with one attached hydrogen (secondary N) is 1. The number of carboxylic acids is 1. The molecule has 0 radical (unpaired) electrons. The van der Waals surface area contributed by atoms with Crippen LogP contribution in [0.2, 0.25) is 0 Å². The summed E-state index contributed by atoms with van der Waals surface area (Å²) in [5, 5.41) is 12.0. The van der Waals surface area contributed by atoms with Gasteiger partial charge in [-0.05, 0) is 42.7 Å². The molecule has 1 atom stereocenters. The molecular formula is C20H18N2O4S. The molecule has 4 rings (SSSR count). The highest BCUT2D eigenvalue weighted by Gasteiger charge is 2.57. The molecular weight excluding hydrogens is 364 g/mol. The molecule has 0 saturated carbocycles. The van der Waals surface area contributed by atoms with Crippen molar-refractivity contribution >= 4 is 35.2 Å². The van der Waals surface area contributed by atoms with Gasteiger partial charge in [-0.1, -0.05) is 36.0 Å². The lowest BCUT2D eigenvalue weighted by Crippen LogP contribution is -2.52. The summed E-state index contributed by atoms with van der Waals surface area (Å²) in [7, 11) is 0. The first-order valence-electron chi connectivity index (χ1n) is 8.73. The standard InChI is InChI=1S/C20H18N2O4S/c23-17-8-10-20(22(17)15-6-1-2-7-16(15)27-20)19(26)21-11-9-13-4-3-5-14(12-13)18(24)25/h1-7,12H,8-11H2,(H,21,26)(H,24,25). The van der Waals surface area contributed by atoms with Gasteiger partial charge in [-0.25, -0.2) is 4.79 Å². The van der Waals surface area contributed by atoms with E-state index in [1.54, 1.807) is 17.0 Å². The summed E-state index contributed by atoms with van der Waals surface area (Å²) in [6.45, 7) is 0.378. The van der Waals surface area contributed by atoms with Crippen LogP contribution in [0.25, 0.3) is 0 Å². The maximum atomic E-state index is 13.0. The van der Waals surface area contributed by atoms with E-state index >= 15 is 0 Å². The van der Waals surface area contributed by atoms with Crippen molar-refractivity contribution in [3.63, 3.8) is 0 Å². The van der Waals surface area contributed by atoms with Crippen LogP contribution in [0.15, 0.2) is 53.4 Å². The maximum absolute atomic E-state index is 13.0. The molecule has 2 amide bonds. The predicted octanol–water partition coefficient (Wildman–Crippen LogP) is 2.67. The minimum atomic E-state index is -0.972. The van der Waals surface area contributed by atoms with Crippen molar-refractivity contribution in [3.8, 4) is 0 Å². The lowest BCUT2D eigenvalue weighted by Gasteiger charge is -2.29. The number of hydrogen-bond donors (Lipinski definition) is 2. The van der Waals surface area contributed by atoms with Gasteiger partial charge in [0.05, 0.1) is 11.3 Å². The van der Waals surface area contributed by atoms with Crippen molar-refractivity contribution in [1.82, 2.24) is 5.32 Å². The number of rotatable bonds is 5. The second-order valence-corrected chi connectivity index (χ2v) is 7.91. The Labute approximate surface area is 160 Å². The zero-order chi connectivity index (χ0) is 19.0. The Bertz CT molecular complexity index is 945. The Balaban J connectivity index is 1.46. The van der Waals surface area contributed by atoms with Gasteiger partial charge in [-0.15, -0.1) is 0 Å². The third-order valence-corrected chi connectivity index (χ3v) is 6.38. The maximum Gasteiger partial charge on any atom is 0.335 e. The Kier molecular flexibility index (Phi) is 4.39. The quantitative estimate of drug-likeness (QED) is 0.830. The molecule has 7 heteroatoms. The molecule has 2 aromatic carbocycles. The molecule has 27 heavy (non-hydrogen) atoms. The van der Waals surface area contributed by atoms with E-state index in [9.17, 15) is 14.4 Å². The van der Waals surface area contributed by atoms with Crippen molar-refractivity contribution in [2.45, 2.75) is 29.0 Å². The average molecular weight is 382 g/mol. The zero-order valence-electron chi connectivity index (χ0n) is 14.5. The fourth-order valence-electron chi connectivity index (χ4n) is 3.62. The van der Waals surface area contributed by atoms with Crippen LogP contribution in [-0.2, 0) is 16.0 Å². The number of hydrogen-bond acceptors (Lipinski definition) is 4. The van der Waals surface area contributed by atoms with Crippen LogP contribution in [0.1, 0.15) is 28.8 Å². The first kappa shape index (κ1) is 17.6. The number of para-hydroxylation sites is 1. The number of amides is 2. The van der Waals surface area contributed by atoms with Crippen molar-refractivity contribution < 1.29 is 19.5 Å². The molecule has 0 bridgehead atoms. The van der Waals surface area contributed by atoms with Gasteiger partial charge in [0, 0.05) is 17.9 Å². The monoisotopic (exact) mass is 382 g/mol. The van der Waals surface area contributed by atoms with Gasteiger partial charge in [-0.3, -0.25) is 14.5 Å². The lowest BCUT2D eigenvalue weighted by atomic mass is 10.1. The van der Waals surface area contributed by atoms with Crippen molar-refractivity contribution in [2.24, 2.45) is 0 Å². The molecule has 2 aromatic rings. The molecule has 2 N–H and O–H groups in total. The molecule has 1 saturated heterocycles. The molecule has 2 aliphatic rings. The van der Waals surface area contributed by atoms with Crippen LogP contribution in [0.3, 0.4) is 0 Å². The number of carboxylic acid groups (broad SMARTS) is 1. The van der Waals surface area contributed by atoms with Crippen LogP contribution < -0.4 is 10.2 Å². The van der Waals surface area contributed by atoms with Gasteiger partial charge in [-0.2, -0.15) is 0 Å². The van der Waals surface area contributed by atoms with Gasteiger partial charge >= 0.3 is 5.97 Å². The average Bonchev–Trinajstić information content (AvgIpc) is 3.18. The molecule has 2 heterocycles. The van der Waals surface area contributed by atoms with Gasteiger partial charge < -0.3 is 10.4 Å². The number of aromatic carboxylic acids is 1. The minimum absolute atomic E-state index is 0.0308. The normalized spacial score (nSPS) is 20.3. The molecule has 0 aliphatic carbocycles. The third kappa shape index (κ3) is 2.98. The Morgan fingerprint density at radius 2 is 2.00 bits per heavy atom. The van der Waals surface area contributed by atoms with E-state index in [-0.39, 0.29) is 17.4 Å². The highest BCUT2D eigenvalue weighted by molar-refractivity contribution is 8.02. The summed E-state index contributed by atoms with van der Waals surface area (Å²) in [5.41, 5.74) is 1.87. The number of nitrogens with zero attached hydrogens (tertiary/aromatic N) is 1. The molecule has 2 aliphatic heterocycles. The second-order valence-electron chi connectivity index (χ2n) is 6.59. The highest BCUT2D eigenvalue weighted by Crippen LogP contribution is 2.55. The highest BCUT2D eigenvalue weighted by atomic mass is 32.2. The SMILES string of the molecule is O=C(O)c1cccc(CCNC(=O)C23CCC(=O)N2c2ccccc2S3)c1. The van der Waals surface area contributed by atoms with Gasteiger partial charge in [0.15, 0.2) is 4.87 Å². The third-order valence-electron chi connectivity index (χ3n) is 4.90. The van der Waals surface area contributed by atoms with Crippen LogP contribution >= 0.6 is 11.8 Å². The van der Waals surface area contributed by atoms with E-state index in [2.05, 4.69) is 5.32 Å². The molecule has 0 aromatic heterocycles. The number of carbonyl (C=O) groups is 3. The zero-order valence-corrected chi connectivity index (χ0v) is 15.3. The molecule has 1 unspecified atom stereocenters. The number of carbonyl (C=O) groups excluding carboxylic acids is 2. The van der Waals surface area contributed by atoms with E-state index in [0.717, 1.165) is 16.1 Å². The summed E-state index contributed by atoms with van der Waals surface area (Å²) in [6, 6.07) is 14.3. The van der Waals surface area contributed by atoms with E-state index in [4.69, 9.17) is 5.11 Å². The molecule has 6 nitrogen and oxygen atoms in total. The first-order chi connectivity index (χ1) is 13.0. The van der Waals surface area contributed by atoms with E-state index in [1.807, 2.05) is 30.3 Å². The van der Waals surface area contributed by atoms with Crippen molar-refractivity contribution in [2.75, 3.05) is 11.4 Å². The number of thioether (sulfide) groups is 1. The number of fused-ring (bicyclic) bond motifs is 3. The van der Waals surface area contributed by atoms with Crippen LogP contribution in [0, 0.1) is 0 Å². The molecule has 138 valence electrons. The van der Waals surface area contributed by atoms with E-state index in [0.29, 0.717) is 25.8 Å². The first-order valence-corrected chi connectivity index (χ1v) is 9.54. The summed E-state index contributed by atoms with van der Waals surface area (Å²) < 4.78 is 0. The van der Waals surface area contributed by atoms with Crippen molar-refractivity contribution in [3.05, 3.63) is 59.7 Å². The van der Waals surface area contributed by atoms with Crippen LogP contribution in [0.5, 0.6) is 0 Å². The fraction of sp³-hybridized carbons (Fsp3) is 0.250. The van der Waals surface area contributed by atoms with E-state index in [1.165, 1.54) is 17.8 Å². The lowest BCUT2D eigenvalue weighted by molar-refractivity contribution is -0.124. The van der Waals surface area contributed by atoms with Gasteiger partial charge in [0.25, 0.3) is 5.91 Å². The van der Waals surface area contributed by atoms with Crippen LogP contribution in [-0.4, -0.2) is 34.3 Å². The summed E-state index contributed by atoms with van der Waals surface area (Å²) in [4.78, 5) is 38.1. The number of anilines is 1. The van der Waals surface area contributed by atoms with Crippen LogP contribution in [0.4, 0.5) is 5.69 Å². The van der Waals surface area contributed by atoms with Crippen molar-refractivity contribution in [1.29, 1.82) is 0 Å². The molecule has 0 spiro atoms.